The molecule has 0 fully saturated rings. The molecular formula is C27H26OP+. The zero-order valence-corrected chi connectivity index (χ0v) is 17.6. The van der Waals surface area contributed by atoms with E-state index in [0.29, 0.717) is 0 Å². The van der Waals surface area contributed by atoms with Crippen molar-refractivity contribution < 1.29 is 4.74 Å². The van der Waals surface area contributed by atoms with E-state index in [4.69, 9.17) is 4.74 Å². The van der Waals surface area contributed by atoms with E-state index in [-0.39, 0.29) is 0 Å². The molecule has 0 aliphatic carbocycles. The molecule has 4 aromatic rings. The van der Waals surface area contributed by atoms with Crippen LogP contribution in [0.4, 0.5) is 0 Å². The summed E-state index contributed by atoms with van der Waals surface area (Å²) in [6.07, 6.45) is 2.08. The molecule has 2 heteroatoms. The Morgan fingerprint density at radius 3 is 1.38 bits per heavy atom. The van der Waals surface area contributed by atoms with Crippen LogP contribution >= 0.6 is 7.26 Å². The van der Waals surface area contributed by atoms with Gasteiger partial charge in [-0.2, -0.15) is 0 Å². The second-order valence-electron chi connectivity index (χ2n) is 7.29. The zero-order valence-electron chi connectivity index (χ0n) is 16.7. The number of rotatable bonds is 7. The normalized spacial score (nSPS) is 11.2. The highest BCUT2D eigenvalue weighted by Gasteiger charge is 2.43. The number of ether oxygens (including phenoxy) is 1. The van der Waals surface area contributed by atoms with Crippen LogP contribution in [0.3, 0.4) is 0 Å². The van der Waals surface area contributed by atoms with Crippen molar-refractivity contribution in [1.29, 1.82) is 0 Å². The average Bonchev–Trinajstić information content (AvgIpc) is 2.81. The Morgan fingerprint density at radius 2 is 0.931 bits per heavy atom. The largest absolute Gasteiger partial charge is 0.497 e. The Labute approximate surface area is 174 Å². The van der Waals surface area contributed by atoms with E-state index in [1.54, 1.807) is 7.11 Å². The van der Waals surface area contributed by atoms with Gasteiger partial charge in [0.15, 0.2) is 0 Å². The average molecular weight is 397 g/mol. The van der Waals surface area contributed by atoms with Crippen molar-refractivity contribution in [2.45, 2.75) is 12.3 Å². The fourth-order valence-corrected chi connectivity index (χ4v) is 8.23. The Bertz CT molecular complexity index is 973. The molecule has 0 spiro atoms. The van der Waals surface area contributed by atoms with Gasteiger partial charge < -0.3 is 4.74 Å². The topological polar surface area (TPSA) is 9.23 Å². The number of hydrogen-bond donors (Lipinski definition) is 0. The van der Waals surface area contributed by atoms with E-state index in [1.807, 2.05) is 0 Å². The van der Waals surface area contributed by atoms with Crippen LogP contribution in [-0.4, -0.2) is 7.11 Å². The molecule has 1 nitrogen and oxygen atoms in total. The maximum atomic E-state index is 5.37. The highest BCUT2D eigenvalue weighted by atomic mass is 31.2. The van der Waals surface area contributed by atoms with Crippen LogP contribution in [0.2, 0.25) is 0 Å². The maximum Gasteiger partial charge on any atom is 0.118 e. The van der Waals surface area contributed by atoms with Crippen molar-refractivity contribution in [2.24, 2.45) is 0 Å². The van der Waals surface area contributed by atoms with Gasteiger partial charge in [-0.05, 0) is 47.5 Å². The summed E-state index contributed by atoms with van der Waals surface area (Å²) in [5, 5.41) is 2.90. The van der Waals surface area contributed by atoms with Crippen LogP contribution in [-0.2, 0) is 12.3 Å². The molecule has 0 bridgehead atoms. The van der Waals surface area contributed by atoms with Gasteiger partial charge in [-0.3, -0.25) is 0 Å². The molecule has 0 heterocycles. The molecule has 0 saturated heterocycles. The van der Waals surface area contributed by atoms with Crippen molar-refractivity contribution in [3.8, 4) is 5.75 Å². The van der Waals surface area contributed by atoms with Gasteiger partial charge in [0.05, 0.1) is 37.3 Å². The lowest BCUT2D eigenvalue weighted by Crippen LogP contribution is -2.25. The molecule has 29 heavy (non-hydrogen) atoms. The number of hydrogen-bond acceptors (Lipinski definition) is 1. The molecule has 0 aliphatic heterocycles. The Kier molecular flexibility index (Phi) is 6.08. The standard InChI is InChI=1S/C27H26OP/c1-28-25-19-17-24(18-20-25)22-29(26-13-7-3-8-14-26,27-15-9-4-10-16-27)21-23-11-5-2-6-12-23/h2-20H,21-22H2,1H3/q+1. The van der Waals surface area contributed by atoms with Gasteiger partial charge in [-0.1, -0.05) is 78.9 Å². The summed E-state index contributed by atoms with van der Waals surface area (Å²) in [6, 6.07) is 41.6. The molecule has 0 saturated carbocycles. The van der Waals surface area contributed by atoms with E-state index in [0.717, 1.165) is 18.1 Å². The Hall–Kier alpha value is -2.89. The molecular weight excluding hydrogens is 371 g/mol. The molecule has 0 unspecified atom stereocenters. The molecule has 0 atom stereocenters. The fraction of sp³-hybridized carbons (Fsp3) is 0.111. The molecule has 0 aliphatic rings. The van der Waals surface area contributed by atoms with Gasteiger partial charge in [-0.15, -0.1) is 0 Å². The molecule has 144 valence electrons. The fourth-order valence-electron chi connectivity index (χ4n) is 3.93. The molecule has 0 aromatic heterocycles. The van der Waals surface area contributed by atoms with Gasteiger partial charge >= 0.3 is 0 Å². The zero-order chi connectivity index (χ0) is 19.9. The van der Waals surface area contributed by atoms with Crippen LogP contribution in [0.15, 0.2) is 115 Å². The van der Waals surface area contributed by atoms with Crippen molar-refractivity contribution >= 4 is 17.9 Å². The monoisotopic (exact) mass is 397 g/mol. The predicted octanol–water partition coefficient (Wildman–Crippen LogP) is 6.06. The van der Waals surface area contributed by atoms with E-state index in [2.05, 4.69) is 115 Å². The summed E-state index contributed by atoms with van der Waals surface area (Å²) in [5.41, 5.74) is 2.74. The third kappa shape index (κ3) is 4.42. The Morgan fingerprint density at radius 1 is 0.517 bits per heavy atom. The summed E-state index contributed by atoms with van der Waals surface area (Å²) in [5.74, 6) is 0.903. The summed E-state index contributed by atoms with van der Waals surface area (Å²) >= 11 is 0. The van der Waals surface area contributed by atoms with Crippen molar-refractivity contribution in [3.63, 3.8) is 0 Å². The van der Waals surface area contributed by atoms with Crippen molar-refractivity contribution in [1.82, 2.24) is 0 Å². The predicted molar refractivity (Wildman–Crippen MR) is 126 cm³/mol. The summed E-state index contributed by atoms with van der Waals surface area (Å²) in [6.45, 7) is 0. The first-order valence-corrected chi connectivity index (χ1v) is 12.1. The molecule has 4 rings (SSSR count). The van der Waals surface area contributed by atoms with Gasteiger partial charge in [0.25, 0.3) is 0 Å². The third-order valence-corrected chi connectivity index (χ3v) is 9.79. The third-order valence-electron chi connectivity index (χ3n) is 5.41. The summed E-state index contributed by atoms with van der Waals surface area (Å²) < 4.78 is 5.37. The van der Waals surface area contributed by atoms with Gasteiger partial charge in [-0.25, -0.2) is 0 Å². The molecule has 0 amide bonds. The quantitative estimate of drug-likeness (QED) is 0.344. The van der Waals surface area contributed by atoms with Crippen LogP contribution in [0.25, 0.3) is 0 Å². The van der Waals surface area contributed by atoms with Crippen molar-refractivity contribution in [3.05, 3.63) is 126 Å². The Balaban J connectivity index is 1.87. The van der Waals surface area contributed by atoms with Crippen LogP contribution in [0, 0.1) is 0 Å². The van der Waals surface area contributed by atoms with Crippen LogP contribution in [0.5, 0.6) is 5.75 Å². The SMILES string of the molecule is COc1ccc(C[P+](Cc2ccccc2)(c2ccccc2)c2ccccc2)cc1. The lowest BCUT2D eigenvalue weighted by Gasteiger charge is -2.28. The van der Waals surface area contributed by atoms with Crippen LogP contribution in [0.1, 0.15) is 11.1 Å². The van der Waals surface area contributed by atoms with Crippen LogP contribution < -0.4 is 15.3 Å². The minimum absolute atomic E-state index is 0.903. The van der Waals surface area contributed by atoms with Crippen molar-refractivity contribution in [2.75, 3.05) is 7.11 Å². The highest BCUT2D eigenvalue weighted by molar-refractivity contribution is 7.88. The van der Waals surface area contributed by atoms with E-state index in [1.165, 1.54) is 21.7 Å². The van der Waals surface area contributed by atoms with E-state index < -0.39 is 7.26 Å². The first kappa shape index (κ1) is 19.4. The first-order chi connectivity index (χ1) is 14.3. The highest BCUT2D eigenvalue weighted by Crippen LogP contribution is 2.61. The van der Waals surface area contributed by atoms with Gasteiger partial charge in [0.2, 0.25) is 0 Å². The summed E-state index contributed by atoms with van der Waals surface area (Å²) in [7, 11) is 0.00882. The smallest absolute Gasteiger partial charge is 0.118 e. The summed E-state index contributed by atoms with van der Waals surface area (Å²) in [4.78, 5) is 0. The number of benzene rings is 4. The molecule has 0 radical (unpaired) electrons. The molecule has 0 N–H and O–H groups in total. The first-order valence-electron chi connectivity index (χ1n) is 9.95. The van der Waals surface area contributed by atoms with E-state index >= 15 is 0 Å². The molecule has 4 aromatic carbocycles. The second kappa shape index (κ2) is 9.07. The lowest BCUT2D eigenvalue weighted by molar-refractivity contribution is 0.414. The minimum atomic E-state index is -1.71. The minimum Gasteiger partial charge on any atom is -0.497 e. The maximum absolute atomic E-state index is 5.37. The second-order valence-corrected chi connectivity index (χ2v) is 10.9. The lowest BCUT2D eigenvalue weighted by atomic mass is 10.2. The van der Waals surface area contributed by atoms with Gasteiger partial charge in [0.1, 0.15) is 5.75 Å². The van der Waals surface area contributed by atoms with E-state index in [9.17, 15) is 0 Å². The number of methoxy groups -OCH3 is 1. The van der Waals surface area contributed by atoms with Gasteiger partial charge in [0, 0.05) is 0 Å².